The Morgan fingerprint density at radius 2 is 1.47 bits per heavy atom. The van der Waals surface area contributed by atoms with Crippen LogP contribution in [0.15, 0.2) is 0 Å². The molecular weight excluding hydrogens is 220 g/mol. The van der Waals surface area contributed by atoms with Gasteiger partial charge in [-0.05, 0) is 48.5 Å². The van der Waals surface area contributed by atoms with Crippen LogP contribution in [0.2, 0.25) is 0 Å². The first kappa shape index (κ1) is 18.7. The molecule has 0 aliphatic carbocycles. The summed E-state index contributed by atoms with van der Waals surface area (Å²) in [5.74, 6) is -0.356. The zero-order valence-corrected chi connectivity index (χ0v) is 12.5. The van der Waals surface area contributed by atoms with Gasteiger partial charge in [-0.2, -0.15) is 0 Å². The number of esters is 1. The highest BCUT2D eigenvalue weighted by molar-refractivity contribution is 5.65. The summed E-state index contributed by atoms with van der Waals surface area (Å²) in [7, 11) is 0. The molecule has 0 rings (SSSR count). The molecule has 0 aromatic rings. The van der Waals surface area contributed by atoms with Gasteiger partial charge in [0.1, 0.15) is 6.61 Å². The number of hydrogen-bond acceptors (Lipinski definition) is 4. The Labute approximate surface area is 105 Å². The SMILES string of the molecule is CC(=O)OCC(C)O.CC(C)(C)OC(C)(C)C. The number of aliphatic hydroxyl groups excluding tert-OH is 1. The number of aliphatic hydroxyl groups is 1. The molecule has 0 amide bonds. The molecule has 0 aromatic carbocycles. The van der Waals surface area contributed by atoms with Gasteiger partial charge in [0.2, 0.25) is 0 Å². The number of ether oxygens (including phenoxy) is 2. The summed E-state index contributed by atoms with van der Waals surface area (Å²) < 4.78 is 10.0. The Morgan fingerprint density at radius 3 is 1.53 bits per heavy atom. The third kappa shape index (κ3) is 25.6. The normalized spacial score (nSPS) is 13.5. The number of carbonyl (C=O) groups excluding carboxylic acids is 1. The molecule has 0 radical (unpaired) electrons. The quantitative estimate of drug-likeness (QED) is 0.763. The third-order valence-electron chi connectivity index (χ3n) is 1.14. The van der Waals surface area contributed by atoms with Gasteiger partial charge < -0.3 is 14.6 Å². The van der Waals surface area contributed by atoms with Crippen LogP contribution in [-0.4, -0.2) is 35.0 Å². The van der Waals surface area contributed by atoms with E-state index in [4.69, 9.17) is 9.84 Å². The first-order valence-electron chi connectivity index (χ1n) is 5.85. The van der Waals surface area contributed by atoms with Gasteiger partial charge in [0.05, 0.1) is 17.3 Å². The van der Waals surface area contributed by atoms with Crippen LogP contribution in [0.4, 0.5) is 0 Å². The maximum absolute atomic E-state index is 10.0. The van der Waals surface area contributed by atoms with Crippen molar-refractivity contribution in [2.24, 2.45) is 0 Å². The molecule has 0 saturated carbocycles. The first-order valence-corrected chi connectivity index (χ1v) is 5.85. The van der Waals surface area contributed by atoms with Crippen molar-refractivity contribution in [3.8, 4) is 0 Å². The molecule has 0 aliphatic rings. The molecule has 4 nitrogen and oxygen atoms in total. The van der Waals surface area contributed by atoms with E-state index in [1.807, 2.05) is 0 Å². The van der Waals surface area contributed by atoms with Crippen molar-refractivity contribution in [3.63, 3.8) is 0 Å². The van der Waals surface area contributed by atoms with E-state index in [2.05, 4.69) is 46.3 Å². The van der Waals surface area contributed by atoms with Crippen LogP contribution < -0.4 is 0 Å². The van der Waals surface area contributed by atoms with Crippen molar-refractivity contribution in [3.05, 3.63) is 0 Å². The van der Waals surface area contributed by atoms with Crippen molar-refractivity contribution < 1.29 is 19.4 Å². The highest BCUT2D eigenvalue weighted by atomic mass is 16.5. The van der Waals surface area contributed by atoms with E-state index in [9.17, 15) is 4.79 Å². The predicted octanol–water partition coefficient (Wildman–Crippen LogP) is 2.53. The van der Waals surface area contributed by atoms with E-state index in [-0.39, 0.29) is 23.8 Å². The molecule has 0 spiro atoms. The van der Waals surface area contributed by atoms with E-state index in [0.717, 1.165) is 0 Å². The first-order chi connectivity index (χ1) is 7.33. The average Bonchev–Trinajstić information content (AvgIpc) is 1.94. The van der Waals surface area contributed by atoms with Crippen LogP contribution in [0.1, 0.15) is 55.4 Å². The Hall–Kier alpha value is -0.610. The van der Waals surface area contributed by atoms with Gasteiger partial charge >= 0.3 is 5.97 Å². The zero-order valence-electron chi connectivity index (χ0n) is 12.5. The van der Waals surface area contributed by atoms with Crippen molar-refractivity contribution >= 4 is 5.97 Å². The van der Waals surface area contributed by atoms with Crippen LogP contribution in [0.25, 0.3) is 0 Å². The lowest BCUT2D eigenvalue weighted by Gasteiger charge is -2.30. The molecule has 0 heterocycles. The molecule has 17 heavy (non-hydrogen) atoms. The zero-order chi connectivity index (χ0) is 14.3. The molecule has 104 valence electrons. The highest BCUT2D eigenvalue weighted by Gasteiger charge is 2.19. The van der Waals surface area contributed by atoms with Crippen LogP contribution in [0, 0.1) is 0 Å². The van der Waals surface area contributed by atoms with Crippen LogP contribution in [0.5, 0.6) is 0 Å². The van der Waals surface area contributed by atoms with Crippen molar-refractivity contribution in [2.75, 3.05) is 6.61 Å². The summed E-state index contributed by atoms with van der Waals surface area (Å²) in [6, 6.07) is 0. The van der Waals surface area contributed by atoms with Crippen LogP contribution in [-0.2, 0) is 14.3 Å². The lowest BCUT2D eigenvalue weighted by Crippen LogP contribution is -2.31. The van der Waals surface area contributed by atoms with Gasteiger partial charge in [0, 0.05) is 6.92 Å². The summed E-state index contributed by atoms with van der Waals surface area (Å²) in [6.45, 7) is 15.4. The number of carbonyl (C=O) groups is 1. The third-order valence-corrected chi connectivity index (χ3v) is 1.14. The minimum absolute atomic E-state index is 0.0156. The van der Waals surface area contributed by atoms with E-state index in [1.165, 1.54) is 6.92 Å². The Kier molecular flexibility index (Phi) is 8.45. The molecule has 0 bridgehead atoms. The highest BCUT2D eigenvalue weighted by Crippen LogP contribution is 2.17. The molecule has 0 fully saturated rings. The topological polar surface area (TPSA) is 55.8 Å². The van der Waals surface area contributed by atoms with Crippen molar-refractivity contribution in [1.29, 1.82) is 0 Å². The smallest absolute Gasteiger partial charge is 0.302 e. The summed E-state index contributed by atoms with van der Waals surface area (Å²) in [6.07, 6.45) is -0.557. The van der Waals surface area contributed by atoms with Crippen molar-refractivity contribution in [1.82, 2.24) is 0 Å². The second-order valence-electron chi connectivity index (χ2n) is 5.98. The summed E-state index contributed by atoms with van der Waals surface area (Å²) in [5.41, 5.74) is -0.0312. The largest absolute Gasteiger partial charge is 0.463 e. The van der Waals surface area contributed by atoms with Crippen molar-refractivity contribution in [2.45, 2.75) is 72.7 Å². The lowest BCUT2D eigenvalue weighted by molar-refractivity contribution is -0.143. The second kappa shape index (κ2) is 7.67. The second-order valence-corrected chi connectivity index (χ2v) is 5.98. The molecule has 1 unspecified atom stereocenters. The van der Waals surface area contributed by atoms with Gasteiger partial charge in [0.15, 0.2) is 0 Å². The maximum Gasteiger partial charge on any atom is 0.302 e. The van der Waals surface area contributed by atoms with E-state index < -0.39 is 6.10 Å². The number of rotatable bonds is 2. The monoisotopic (exact) mass is 248 g/mol. The van der Waals surface area contributed by atoms with E-state index >= 15 is 0 Å². The summed E-state index contributed by atoms with van der Waals surface area (Å²) >= 11 is 0. The molecule has 1 atom stereocenters. The standard InChI is InChI=1S/C8H18O.C5H10O3/c1-7(2,3)9-8(4,5)6;1-4(6)3-8-5(2)7/h1-6H3;4,6H,3H2,1-2H3. The van der Waals surface area contributed by atoms with Gasteiger partial charge in [-0.1, -0.05) is 0 Å². The van der Waals surface area contributed by atoms with E-state index in [1.54, 1.807) is 6.92 Å². The molecule has 0 aromatic heterocycles. The summed E-state index contributed by atoms with van der Waals surface area (Å²) in [4.78, 5) is 10.0. The van der Waals surface area contributed by atoms with Gasteiger partial charge in [-0.25, -0.2) is 0 Å². The van der Waals surface area contributed by atoms with Crippen LogP contribution in [0.3, 0.4) is 0 Å². The lowest BCUT2D eigenvalue weighted by atomic mass is 10.1. The Balaban J connectivity index is 0. The average molecular weight is 248 g/mol. The molecule has 1 N–H and O–H groups in total. The Morgan fingerprint density at radius 1 is 1.12 bits per heavy atom. The summed E-state index contributed by atoms with van der Waals surface area (Å²) in [5, 5.41) is 8.52. The molecule has 4 heteroatoms. The maximum atomic E-state index is 10.0. The minimum Gasteiger partial charge on any atom is -0.463 e. The Bertz CT molecular complexity index is 196. The molecular formula is C13H28O4. The molecule has 0 saturated heterocycles. The van der Waals surface area contributed by atoms with Gasteiger partial charge in [-0.15, -0.1) is 0 Å². The van der Waals surface area contributed by atoms with E-state index in [0.29, 0.717) is 0 Å². The fraction of sp³-hybridized carbons (Fsp3) is 0.923. The van der Waals surface area contributed by atoms with Gasteiger partial charge in [-0.3, -0.25) is 4.79 Å². The predicted molar refractivity (Wildman–Crippen MR) is 68.9 cm³/mol. The van der Waals surface area contributed by atoms with Crippen LogP contribution >= 0.6 is 0 Å². The molecule has 0 aliphatic heterocycles. The number of hydrogen-bond donors (Lipinski definition) is 1. The fourth-order valence-electron chi connectivity index (χ4n) is 1.16. The van der Waals surface area contributed by atoms with Gasteiger partial charge in [0.25, 0.3) is 0 Å². The minimum atomic E-state index is -0.557. The fourth-order valence-corrected chi connectivity index (χ4v) is 1.16.